The lowest BCUT2D eigenvalue weighted by atomic mass is 9.86. The van der Waals surface area contributed by atoms with Crippen molar-refractivity contribution in [3.63, 3.8) is 0 Å². The summed E-state index contributed by atoms with van der Waals surface area (Å²) in [5.74, 6) is 0.555. The van der Waals surface area contributed by atoms with Crippen LogP contribution >= 0.6 is 0 Å². The van der Waals surface area contributed by atoms with Crippen molar-refractivity contribution < 1.29 is 9.53 Å². The summed E-state index contributed by atoms with van der Waals surface area (Å²) in [4.78, 5) is 15.1. The van der Waals surface area contributed by atoms with Crippen LogP contribution in [-0.2, 0) is 4.74 Å². The molecule has 3 heterocycles. The molecule has 0 radical (unpaired) electrons. The normalized spacial score (nSPS) is 31.3. The summed E-state index contributed by atoms with van der Waals surface area (Å²) in [5, 5.41) is 3.61. The molecular formula is C18H24N2O2. The maximum atomic E-state index is 12.7. The highest BCUT2D eigenvalue weighted by molar-refractivity contribution is 5.98. The van der Waals surface area contributed by atoms with Gasteiger partial charge >= 0.3 is 0 Å². The van der Waals surface area contributed by atoms with Crippen molar-refractivity contribution in [3.8, 4) is 0 Å². The number of piperidine rings is 1. The highest BCUT2D eigenvalue weighted by Gasteiger charge is 2.36. The Bertz CT molecular complexity index is 525. The molecule has 0 saturated carbocycles. The van der Waals surface area contributed by atoms with Gasteiger partial charge < -0.3 is 15.0 Å². The lowest BCUT2D eigenvalue weighted by Crippen LogP contribution is -2.40. The second kappa shape index (κ2) is 6.01. The smallest absolute Gasteiger partial charge is 0.166 e. The number of rotatable bonds is 3. The zero-order chi connectivity index (χ0) is 14.9. The molecule has 3 aliphatic heterocycles. The fourth-order valence-corrected chi connectivity index (χ4v) is 4.17. The molecule has 118 valence electrons. The van der Waals surface area contributed by atoms with E-state index in [0.29, 0.717) is 17.9 Å². The average molecular weight is 300 g/mol. The standard InChI is InChI=1S/C18H24N2O2/c21-18(14-11-15-3-4-16(12-14)19-15)13-1-5-17(6-2-13)20-7-9-22-10-8-20/h1-2,5-6,14-16,19H,3-4,7-12H2. The van der Waals surface area contributed by atoms with Crippen molar-refractivity contribution in [1.82, 2.24) is 5.32 Å². The highest BCUT2D eigenvalue weighted by Crippen LogP contribution is 2.33. The molecule has 3 aliphatic rings. The Labute approximate surface area is 131 Å². The van der Waals surface area contributed by atoms with E-state index in [1.807, 2.05) is 12.1 Å². The van der Waals surface area contributed by atoms with Gasteiger partial charge in [-0.1, -0.05) is 0 Å². The van der Waals surface area contributed by atoms with E-state index < -0.39 is 0 Å². The maximum Gasteiger partial charge on any atom is 0.166 e. The van der Waals surface area contributed by atoms with E-state index in [2.05, 4.69) is 22.3 Å². The molecule has 2 unspecified atom stereocenters. The molecule has 0 amide bonds. The number of ketones is 1. The van der Waals surface area contributed by atoms with Crippen molar-refractivity contribution in [3.05, 3.63) is 29.8 Å². The van der Waals surface area contributed by atoms with Gasteiger partial charge in [0, 0.05) is 42.3 Å². The van der Waals surface area contributed by atoms with Crippen LogP contribution in [0.3, 0.4) is 0 Å². The van der Waals surface area contributed by atoms with Crippen LogP contribution in [0.2, 0.25) is 0 Å². The Morgan fingerprint density at radius 3 is 2.32 bits per heavy atom. The Balaban J connectivity index is 1.44. The summed E-state index contributed by atoms with van der Waals surface area (Å²) >= 11 is 0. The first-order chi connectivity index (χ1) is 10.8. The molecule has 4 rings (SSSR count). The van der Waals surface area contributed by atoms with Crippen LogP contribution in [0.25, 0.3) is 0 Å². The SMILES string of the molecule is O=C(c1ccc(N2CCOCC2)cc1)C1CC2CCC(C1)N2. The first kappa shape index (κ1) is 14.2. The van der Waals surface area contributed by atoms with Gasteiger partial charge in [0.25, 0.3) is 0 Å². The average Bonchev–Trinajstić information content (AvgIpc) is 2.93. The van der Waals surface area contributed by atoms with Crippen LogP contribution < -0.4 is 10.2 Å². The Morgan fingerprint density at radius 2 is 1.68 bits per heavy atom. The molecule has 1 aromatic rings. The predicted octanol–water partition coefficient (Wildman–Crippen LogP) is 2.24. The number of carbonyl (C=O) groups excluding carboxylic acids is 1. The van der Waals surface area contributed by atoms with Crippen molar-refractivity contribution in [2.24, 2.45) is 5.92 Å². The summed E-state index contributed by atoms with van der Waals surface area (Å²) < 4.78 is 5.39. The van der Waals surface area contributed by atoms with E-state index in [0.717, 1.165) is 44.7 Å². The summed E-state index contributed by atoms with van der Waals surface area (Å²) in [5.41, 5.74) is 2.08. The van der Waals surface area contributed by atoms with Gasteiger partial charge in [0.1, 0.15) is 0 Å². The number of anilines is 1. The Kier molecular flexibility index (Phi) is 3.89. The fraction of sp³-hybridized carbons (Fsp3) is 0.611. The number of benzene rings is 1. The topological polar surface area (TPSA) is 41.6 Å². The molecule has 1 aromatic carbocycles. The Hall–Kier alpha value is -1.39. The number of morpholine rings is 1. The van der Waals surface area contributed by atoms with Crippen LogP contribution in [0.15, 0.2) is 24.3 Å². The lowest BCUT2D eigenvalue weighted by Gasteiger charge is -2.29. The summed E-state index contributed by atoms with van der Waals surface area (Å²) in [6.07, 6.45) is 4.51. The summed E-state index contributed by atoms with van der Waals surface area (Å²) in [6, 6.07) is 9.34. The molecule has 2 bridgehead atoms. The summed E-state index contributed by atoms with van der Waals surface area (Å²) in [6.45, 7) is 3.45. The number of fused-ring (bicyclic) bond motifs is 2. The lowest BCUT2D eigenvalue weighted by molar-refractivity contribution is 0.0875. The minimum Gasteiger partial charge on any atom is -0.378 e. The quantitative estimate of drug-likeness (QED) is 0.869. The van der Waals surface area contributed by atoms with Gasteiger partial charge in [-0.2, -0.15) is 0 Å². The molecule has 3 saturated heterocycles. The van der Waals surface area contributed by atoms with Gasteiger partial charge in [0.05, 0.1) is 13.2 Å². The largest absolute Gasteiger partial charge is 0.378 e. The highest BCUT2D eigenvalue weighted by atomic mass is 16.5. The Morgan fingerprint density at radius 1 is 1.05 bits per heavy atom. The van der Waals surface area contributed by atoms with Crippen LogP contribution in [0.4, 0.5) is 5.69 Å². The van der Waals surface area contributed by atoms with Gasteiger partial charge in [-0.05, 0) is 49.9 Å². The molecule has 1 N–H and O–H groups in total. The first-order valence-corrected chi connectivity index (χ1v) is 8.52. The number of Topliss-reactive ketones (excluding diaryl/α,β-unsaturated/α-hetero) is 1. The monoisotopic (exact) mass is 300 g/mol. The summed E-state index contributed by atoms with van der Waals surface area (Å²) in [7, 11) is 0. The molecule has 3 fully saturated rings. The predicted molar refractivity (Wildman–Crippen MR) is 86.5 cm³/mol. The number of nitrogens with zero attached hydrogens (tertiary/aromatic N) is 1. The zero-order valence-electron chi connectivity index (χ0n) is 13.0. The molecular weight excluding hydrogens is 276 g/mol. The number of hydrogen-bond donors (Lipinski definition) is 1. The van der Waals surface area contributed by atoms with E-state index in [4.69, 9.17) is 4.74 Å². The van der Waals surface area contributed by atoms with Crippen molar-refractivity contribution in [1.29, 1.82) is 0 Å². The van der Waals surface area contributed by atoms with E-state index in [1.54, 1.807) is 0 Å². The molecule has 4 heteroatoms. The van der Waals surface area contributed by atoms with Crippen LogP contribution in [-0.4, -0.2) is 44.2 Å². The van der Waals surface area contributed by atoms with Crippen molar-refractivity contribution >= 4 is 11.5 Å². The van der Waals surface area contributed by atoms with E-state index in [-0.39, 0.29) is 5.92 Å². The van der Waals surface area contributed by atoms with Crippen molar-refractivity contribution in [2.75, 3.05) is 31.2 Å². The van der Waals surface area contributed by atoms with Gasteiger partial charge in [0.2, 0.25) is 0 Å². The molecule has 0 aliphatic carbocycles. The number of carbonyl (C=O) groups is 1. The van der Waals surface area contributed by atoms with Gasteiger partial charge in [0.15, 0.2) is 5.78 Å². The third kappa shape index (κ3) is 2.77. The number of nitrogens with one attached hydrogen (secondary N) is 1. The molecule has 0 spiro atoms. The molecule has 2 atom stereocenters. The molecule has 22 heavy (non-hydrogen) atoms. The van der Waals surface area contributed by atoms with E-state index in [9.17, 15) is 4.79 Å². The van der Waals surface area contributed by atoms with E-state index in [1.165, 1.54) is 18.5 Å². The number of ether oxygens (including phenoxy) is 1. The van der Waals surface area contributed by atoms with Crippen LogP contribution in [0, 0.1) is 5.92 Å². The van der Waals surface area contributed by atoms with Gasteiger partial charge in [-0.3, -0.25) is 4.79 Å². The fourth-order valence-electron chi connectivity index (χ4n) is 4.17. The van der Waals surface area contributed by atoms with E-state index >= 15 is 0 Å². The van der Waals surface area contributed by atoms with Gasteiger partial charge in [-0.25, -0.2) is 0 Å². The third-order valence-corrected chi connectivity index (χ3v) is 5.37. The molecule has 4 nitrogen and oxygen atoms in total. The van der Waals surface area contributed by atoms with Crippen LogP contribution in [0.5, 0.6) is 0 Å². The van der Waals surface area contributed by atoms with Crippen LogP contribution in [0.1, 0.15) is 36.0 Å². The minimum atomic E-state index is 0.216. The third-order valence-electron chi connectivity index (χ3n) is 5.37. The maximum absolute atomic E-state index is 12.7. The number of hydrogen-bond acceptors (Lipinski definition) is 4. The minimum absolute atomic E-state index is 0.216. The first-order valence-electron chi connectivity index (χ1n) is 8.52. The zero-order valence-corrected chi connectivity index (χ0v) is 13.0. The molecule has 0 aromatic heterocycles. The second-order valence-electron chi connectivity index (χ2n) is 6.82. The van der Waals surface area contributed by atoms with Crippen molar-refractivity contribution in [2.45, 2.75) is 37.8 Å². The second-order valence-corrected chi connectivity index (χ2v) is 6.82. The van der Waals surface area contributed by atoms with Gasteiger partial charge in [-0.15, -0.1) is 0 Å².